The zero-order valence-corrected chi connectivity index (χ0v) is 24.1. The van der Waals surface area contributed by atoms with Crippen LogP contribution in [-0.2, 0) is 0 Å². The molecule has 0 bridgehead atoms. The van der Waals surface area contributed by atoms with Crippen LogP contribution in [0.5, 0.6) is 0 Å². The predicted molar refractivity (Wildman–Crippen MR) is 179 cm³/mol. The summed E-state index contributed by atoms with van der Waals surface area (Å²) in [6.45, 7) is 0. The van der Waals surface area contributed by atoms with Crippen molar-refractivity contribution in [1.29, 1.82) is 0 Å². The van der Waals surface area contributed by atoms with E-state index in [1.165, 1.54) is 4.70 Å². The smallest absolute Gasteiger partial charge is 0.195 e. The second kappa shape index (κ2) is 9.90. The first-order chi connectivity index (χ1) is 21.8. The van der Waals surface area contributed by atoms with Crippen LogP contribution in [0.25, 0.3) is 82.5 Å². The fraction of sp³-hybridized carbons (Fsp3) is 0. The number of imidazole rings is 1. The van der Waals surface area contributed by atoms with Gasteiger partial charge < -0.3 is 0 Å². The van der Waals surface area contributed by atoms with Gasteiger partial charge in [-0.1, -0.05) is 121 Å². The molecule has 4 aromatic heterocycles. The molecule has 9 aromatic rings. The van der Waals surface area contributed by atoms with E-state index in [9.17, 15) is 0 Å². The number of rotatable bonds is 4. The molecule has 5 aromatic carbocycles. The van der Waals surface area contributed by atoms with Crippen molar-refractivity contribution in [3.8, 4) is 45.4 Å². The maximum Gasteiger partial charge on any atom is 0.195 e. The molecular weight excluding hydrogens is 561 g/mol. The summed E-state index contributed by atoms with van der Waals surface area (Å²) in [5.41, 5.74) is 8.59. The van der Waals surface area contributed by atoms with E-state index < -0.39 is 0 Å². The van der Waals surface area contributed by atoms with E-state index >= 15 is 0 Å². The van der Waals surface area contributed by atoms with E-state index in [-0.39, 0.29) is 0 Å². The van der Waals surface area contributed by atoms with E-state index in [1.54, 1.807) is 11.3 Å². The first-order valence-electron chi connectivity index (χ1n) is 14.4. The SMILES string of the molecule is c1ccc(-c2nc(-c3ccccc3)nc(-c3cccc(-c4nc5ccccc5c5nc6sc7ccccc7n6c45)c3)n2)cc1. The molecule has 206 valence electrons. The zero-order chi connectivity index (χ0) is 29.0. The van der Waals surface area contributed by atoms with Gasteiger partial charge in [-0.05, 0) is 24.3 Å². The lowest BCUT2D eigenvalue weighted by Crippen LogP contribution is -2.00. The van der Waals surface area contributed by atoms with Gasteiger partial charge in [0, 0.05) is 27.6 Å². The molecule has 0 aliphatic heterocycles. The first kappa shape index (κ1) is 24.8. The number of benzene rings is 5. The second-order valence-corrected chi connectivity index (χ2v) is 11.6. The molecule has 0 amide bonds. The lowest BCUT2D eigenvalue weighted by molar-refractivity contribution is 1.07. The fourth-order valence-electron chi connectivity index (χ4n) is 5.81. The molecule has 0 N–H and O–H groups in total. The van der Waals surface area contributed by atoms with Gasteiger partial charge in [-0.25, -0.2) is 24.9 Å². The summed E-state index contributed by atoms with van der Waals surface area (Å²) in [4.78, 5) is 26.1. The number of pyridine rings is 1. The molecule has 0 aliphatic rings. The minimum atomic E-state index is 0.607. The highest BCUT2D eigenvalue weighted by Crippen LogP contribution is 2.38. The van der Waals surface area contributed by atoms with Crippen LogP contribution in [0, 0.1) is 0 Å². The second-order valence-electron chi connectivity index (χ2n) is 10.6. The minimum Gasteiger partial charge on any atom is -0.281 e. The molecule has 0 saturated carbocycles. The van der Waals surface area contributed by atoms with Crippen LogP contribution < -0.4 is 0 Å². The van der Waals surface area contributed by atoms with Crippen LogP contribution in [0.2, 0.25) is 0 Å². The standard InChI is InChI=1S/C37H22N6S/c1-3-12-23(13-4-1)34-40-35(24-14-5-2-6-15-24)42-36(41-34)26-17-11-16-25(22-26)31-33-32(27-18-7-8-19-28(27)38-31)39-37-43(33)29-20-9-10-21-30(29)44-37/h1-22H. The van der Waals surface area contributed by atoms with E-state index in [4.69, 9.17) is 24.9 Å². The lowest BCUT2D eigenvalue weighted by Gasteiger charge is -2.11. The molecule has 44 heavy (non-hydrogen) atoms. The Morgan fingerprint density at radius 2 is 1.07 bits per heavy atom. The van der Waals surface area contributed by atoms with Gasteiger partial charge in [-0.15, -0.1) is 0 Å². The number of hydrogen-bond acceptors (Lipinski definition) is 6. The number of hydrogen-bond donors (Lipinski definition) is 0. The first-order valence-corrected chi connectivity index (χ1v) is 15.2. The van der Waals surface area contributed by atoms with Crippen molar-refractivity contribution in [3.63, 3.8) is 0 Å². The zero-order valence-electron chi connectivity index (χ0n) is 23.3. The van der Waals surface area contributed by atoms with Crippen LogP contribution in [0.3, 0.4) is 0 Å². The number of para-hydroxylation sites is 2. The quantitative estimate of drug-likeness (QED) is 0.207. The molecule has 0 spiro atoms. The van der Waals surface area contributed by atoms with Crippen LogP contribution in [0.1, 0.15) is 0 Å². The average Bonchev–Trinajstić information content (AvgIpc) is 3.65. The lowest BCUT2D eigenvalue weighted by atomic mass is 10.0. The fourth-order valence-corrected chi connectivity index (χ4v) is 6.84. The van der Waals surface area contributed by atoms with Gasteiger partial charge in [0.25, 0.3) is 0 Å². The van der Waals surface area contributed by atoms with Crippen LogP contribution >= 0.6 is 11.3 Å². The number of nitrogens with zero attached hydrogens (tertiary/aromatic N) is 6. The summed E-state index contributed by atoms with van der Waals surface area (Å²) in [5, 5.41) is 1.04. The Kier molecular flexibility index (Phi) is 5.57. The van der Waals surface area contributed by atoms with E-state index in [2.05, 4.69) is 52.9 Å². The molecular formula is C37H22N6S. The number of aromatic nitrogens is 6. The molecule has 0 aliphatic carbocycles. The highest BCUT2D eigenvalue weighted by molar-refractivity contribution is 7.23. The molecule has 0 saturated heterocycles. The molecule has 6 nitrogen and oxygen atoms in total. The van der Waals surface area contributed by atoms with E-state index in [0.29, 0.717) is 17.5 Å². The third-order valence-electron chi connectivity index (χ3n) is 7.86. The molecule has 9 rings (SSSR count). The normalized spacial score (nSPS) is 11.6. The Bertz CT molecular complexity index is 2440. The van der Waals surface area contributed by atoms with Gasteiger partial charge in [-0.2, -0.15) is 0 Å². The predicted octanol–water partition coefficient (Wildman–Crippen LogP) is 9.10. The Morgan fingerprint density at radius 3 is 1.82 bits per heavy atom. The molecule has 0 unspecified atom stereocenters. The van der Waals surface area contributed by atoms with Gasteiger partial charge in [0.2, 0.25) is 0 Å². The van der Waals surface area contributed by atoms with Gasteiger partial charge in [0.05, 0.1) is 21.4 Å². The van der Waals surface area contributed by atoms with Crippen LogP contribution in [0.15, 0.2) is 133 Å². The van der Waals surface area contributed by atoms with Gasteiger partial charge in [0.15, 0.2) is 22.4 Å². The topological polar surface area (TPSA) is 68.9 Å². The van der Waals surface area contributed by atoms with Crippen molar-refractivity contribution in [3.05, 3.63) is 133 Å². The average molecular weight is 583 g/mol. The largest absolute Gasteiger partial charge is 0.281 e. The maximum atomic E-state index is 5.24. The minimum absolute atomic E-state index is 0.607. The maximum absolute atomic E-state index is 5.24. The van der Waals surface area contributed by atoms with Crippen molar-refractivity contribution in [2.75, 3.05) is 0 Å². The Morgan fingerprint density at radius 1 is 0.477 bits per heavy atom. The van der Waals surface area contributed by atoms with Crippen molar-refractivity contribution in [2.24, 2.45) is 0 Å². The summed E-state index contributed by atoms with van der Waals surface area (Å²) >= 11 is 1.70. The Labute approximate surface area is 256 Å². The summed E-state index contributed by atoms with van der Waals surface area (Å²) < 4.78 is 3.44. The van der Waals surface area contributed by atoms with Gasteiger partial charge in [-0.3, -0.25) is 4.40 Å². The molecule has 0 atom stereocenters. The highest BCUT2D eigenvalue weighted by atomic mass is 32.1. The highest BCUT2D eigenvalue weighted by Gasteiger charge is 2.20. The third-order valence-corrected chi connectivity index (χ3v) is 8.88. The summed E-state index contributed by atoms with van der Waals surface area (Å²) in [7, 11) is 0. The van der Waals surface area contributed by atoms with Crippen LogP contribution in [-0.4, -0.2) is 29.3 Å². The van der Waals surface area contributed by atoms with Crippen molar-refractivity contribution in [2.45, 2.75) is 0 Å². The monoisotopic (exact) mass is 582 g/mol. The Hall–Kier alpha value is -5.79. The number of fused-ring (bicyclic) bond motifs is 7. The van der Waals surface area contributed by atoms with E-state index in [0.717, 1.165) is 60.4 Å². The van der Waals surface area contributed by atoms with Crippen molar-refractivity contribution < 1.29 is 0 Å². The Balaban J connectivity index is 1.29. The van der Waals surface area contributed by atoms with Crippen molar-refractivity contribution in [1.82, 2.24) is 29.3 Å². The van der Waals surface area contributed by atoms with Crippen molar-refractivity contribution >= 4 is 48.5 Å². The van der Waals surface area contributed by atoms with Gasteiger partial charge >= 0.3 is 0 Å². The summed E-state index contributed by atoms with van der Waals surface area (Å²) in [6, 6.07) is 45.1. The molecule has 0 radical (unpaired) electrons. The summed E-state index contributed by atoms with van der Waals surface area (Å²) in [6.07, 6.45) is 0. The molecule has 4 heterocycles. The number of thiazole rings is 1. The molecule has 7 heteroatoms. The van der Waals surface area contributed by atoms with Gasteiger partial charge in [0.1, 0.15) is 11.0 Å². The summed E-state index contributed by atoms with van der Waals surface area (Å²) in [5.74, 6) is 1.87. The molecule has 0 fully saturated rings. The van der Waals surface area contributed by atoms with Crippen LogP contribution in [0.4, 0.5) is 0 Å². The third kappa shape index (κ3) is 3.98. The van der Waals surface area contributed by atoms with E-state index in [1.807, 2.05) is 84.9 Å².